The zero-order chi connectivity index (χ0) is 47.5. The van der Waals surface area contributed by atoms with Gasteiger partial charge in [0.2, 0.25) is 29.5 Å². The molecular weight excluding hydrogens is 831 g/mol. The molecule has 16 nitrogen and oxygen atoms in total. The topological polar surface area (TPSA) is 272 Å². The number of ketones is 1. The molecule has 4 aromatic carbocycles. The van der Waals surface area contributed by atoms with Crippen molar-refractivity contribution < 1.29 is 43.8 Å². The number of hydrogen-bond donors (Lipinski definition) is 9. The van der Waals surface area contributed by atoms with Crippen LogP contribution in [0.25, 0.3) is 0 Å². The van der Waals surface area contributed by atoms with E-state index in [2.05, 4.69) is 26.6 Å². The summed E-state index contributed by atoms with van der Waals surface area (Å²) in [5.74, 6) is -6.21. The molecule has 0 heterocycles. The number of aromatic hydroxyl groups is 1. The Labute approximate surface area is 379 Å². The average Bonchev–Trinajstić information content (AvgIpc) is 3.30. The average molecular weight is 892 g/mol. The Morgan fingerprint density at radius 1 is 0.631 bits per heavy atom. The van der Waals surface area contributed by atoms with Crippen LogP contribution >= 0.6 is 0 Å². The van der Waals surface area contributed by atoms with Gasteiger partial charge in [-0.3, -0.25) is 33.6 Å². The molecular formula is C49H61N7O9. The summed E-state index contributed by atoms with van der Waals surface area (Å²) in [6.07, 6.45) is 0.636. The first-order valence-corrected chi connectivity index (χ1v) is 21.8. The van der Waals surface area contributed by atoms with Crippen molar-refractivity contribution in [2.45, 2.75) is 94.9 Å². The number of benzene rings is 4. The van der Waals surface area contributed by atoms with E-state index in [-0.39, 0.29) is 24.4 Å². The Hall–Kier alpha value is -6.91. The van der Waals surface area contributed by atoms with E-state index >= 15 is 4.79 Å². The molecule has 0 unspecified atom stereocenters. The summed E-state index contributed by atoms with van der Waals surface area (Å²) in [5, 5.41) is 32.5. The second-order valence-electron chi connectivity index (χ2n) is 16.1. The molecule has 65 heavy (non-hydrogen) atoms. The lowest BCUT2D eigenvalue weighted by Crippen LogP contribution is -2.59. The van der Waals surface area contributed by atoms with Gasteiger partial charge in [0.05, 0.1) is 25.0 Å². The van der Waals surface area contributed by atoms with Crippen molar-refractivity contribution in [2.24, 2.45) is 17.4 Å². The van der Waals surface area contributed by atoms with E-state index in [4.69, 9.17) is 11.5 Å². The maximum Gasteiger partial charge on any atom is 0.305 e. The van der Waals surface area contributed by atoms with Crippen LogP contribution < -0.4 is 38.1 Å². The molecule has 0 aliphatic carbocycles. The summed E-state index contributed by atoms with van der Waals surface area (Å²) in [4.78, 5) is 94.8. The van der Waals surface area contributed by atoms with Crippen LogP contribution in [0.15, 0.2) is 115 Å². The number of amides is 5. The van der Waals surface area contributed by atoms with Crippen LogP contribution in [-0.4, -0.2) is 94.8 Å². The van der Waals surface area contributed by atoms with Crippen molar-refractivity contribution in [3.05, 3.63) is 138 Å². The number of carboxylic acids is 1. The number of hydrogen-bond acceptors (Lipinski definition) is 10. The molecule has 5 amide bonds. The van der Waals surface area contributed by atoms with Crippen LogP contribution in [0.3, 0.4) is 0 Å². The van der Waals surface area contributed by atoms with Gasteiger partial charge in [0.25, 0.3) is 0 Å². The maximum absolute atomic E-state index is 15.6. The van der Waals surface area contributed by atoms with Crippen LogP contribution in [0.5, 0.6) is 5.75 Å². The summed E-state index contributed by atoms with van der Waals surface area (Å²) in [5.41, 5.74) is 12.5. The Bertz CT molecular complexity index is 2110. The summed E-state index contributed by atoms with van der Waals surface area (Å²) in [6.45, 7) is 4.78. The number of rotatable bonds is 25. The van der Waals surface area contributed by atoms with E-state index in [0.29, 0.717) is 48.1 Å². The second kappa shape index (κ2) is 24.8. The number of carbonyl (C=O) groups is 7. The number of aliphatic carboxylic acids is 1. The van der Waals surface area contributed by atoms with Crippen LogP contribution in [0, 0.1) is 5.92 Å². The fraction of sp³-hybridized carbons (Fsp3) is 0.367. The number of phenols is 1. The van der Waals surface area contributed by atoms with E-state index in [1.165, 1.54) is 19.1 Å². The van der Waals surface area contributed by atoms with Crippen LogP contribution in [0.1, 0.15) is 75.1 Å². The van der Waals surface area contributed by atoms with Crippen molar-refractivity contribution in [3.63, 3.8) is 0 Å². The summed E-state index contributed by atoms with van der Waals surface area (Å²) in [7, 11) is 0. The van der Waals surface area contributed by atoms with Gasteiger partial charge in [-0.1, -0.05) is 123 Å². The highest BCUT2D eigenvalue weighted by Crippen LogP contribution is 2.42. The molecule has 4 rings (SSSR count). The van der Waals surface area contributed by atoms with E-state index in [1.54, 1.807) is 12.1 Å². The quantitative estimate of drug-likeness (QED) is 0.0345. The molecule has 4 aromatic rings. The third-order valence-electron chi connectivity index (χ3n) is 11.2. The SMILES string of the molecule is CC[C@H](C)[C@H](NC(=O)[C@H](Cc1ccc(O)cc1)NC(=O)CNC(=O)[C@H](CC(=O)O)NC(=O)[C@H](CCCCN)NC(=O)[C@H](C)N)C(=O)C(c1ccccc1)(c1ccccc1)c1ccccc1. The number of nitrogens with two attached hydrogens (primary N) is 2. The normalized spacial score (nSPS) is 14.0. The first kappa shape index (κ1) is 50.7. The Balaban J connectivity index is 1.63. The second-order valence-corrected chi connectivity index (χ2v) is 16.1. The predicted molar refractivity (Wildman–Crippen MR) is 245 cm³/mol. The fourth-order valence-electron chi connectivity index (χ4n) is 7.51. The third kappa shape index (κ3) is 14.0. The summed E-state index contributed by atoms with van der Waals surface area (Å²) < 4.78 is 0. The highest BCUT2D eigenvalue weighted by Gasteiger charge is 2.48. The molecule has 0 bridgehead atoms. The number of phenolic OH excluding ortho intramolecular Hbond substituents is 1. The molecule has 0 aromatic heterocycles. The van der Waals surface area contributed by atoms with Crippen LogP contribution in [0.2, 0.25) is 0 Å². The van der Waals surface area contributed by atoms with E-state index in [0.717, 1.165) is 0 Å². The van der Waals surface area contributed by atoms with Crippen LogP contribution in [-0.2, 0) is 45.4 Å². The van der Waals surface area contributed by atoms with Crippen molar-refractivity contribution in [3.8, 4) is 5.75 Å². The highest BCUT2D eigenvalue weighted by atomic mass is 16.4. The minimum absolute atomic E-state index is 0.0239. The first-order chi connectivity index (χ1) is 31.1. The summed E-state index contributed by atoms with van der Waals surface area (Å²) >= 11 is 0. The summed E-state index contributed by atoms with van der Waals surface area (Å²) in [6, 6.07) is 27.8. The fourth-order valence-corrected chi connectivity index (χ4v) is 7.51. The smallest absolute Gasteiger partial charge is 0.305 e. The number of carbonyl (C=O) groups excluding carboxylic acids is 6. The zero-order valence-electron chi connectivity index (χ0n) is 37.0. The van der Waals surface area contributed by atoms with Gasteiger partial charge < -0.3 is 48.3 Å². The standard InChI is InChI=1S/C49H61N7O9/c1-4-31(2)43(44(61)49(34-16-8-5-9-17-34,35-18-10-6-11-19-35)36-20-12-7-13-21-36)56-48(65)39(28-33-23-25-37(57)26-24-33)53-41(58)30-52-46(63)40(29-42(59)60)55-47(64)38(22-14-15-27-50)54-45(62)32(3)51/h5-13,16-21,23-26,31-32,38-40,43,57H,4,14-15,22,27-30,50-51H2,1-3H3,(H,52,63)(H,53,58)(H,54,62)(H,55,64)(H,56,65)(H,59,60)/t31-,32-,38-,39-,40-,43-/m0/s1. The molecule has 6 atom stereocenters. The van der Waals surface area contributed by atoms with Gasteiger partial charge in [0.1, 0.15) is 29.3 Å². The molecule has 11 N–H and O–H groups in total. The molecule has 0 spiro atoms. The van der Waals surface area contributed by atoms with Gasteiger partial charge >= 0.3 is 5.97 Å². The van der Waals surface area contributed by atoms with E-state index < -0.39 is 90.0 Å². The van der Waals surface area contributed by atoms with Crippen molar-refractivity contribution in [1.29, 1.82) is 0 Å². The molecule has 0 saturated carbocycles. The van der Waals surface area contributed by atoms with Gasteiger partial charge in [-0.05, 0) is 73.0 Å². The zero-order valence-corrected chi connectivity index (χ0v) is 37.0. The van der Waals surface area contributed by atoms with Crippen molar-refractivity contribution in [2.75, 3.05) is 13.1 Å². The molecule has 0 radical (unpaired) electrons. The van der Waals surface area contributed by atoms with Gasteiger partial charge in [-0.25, -0.2) is 0 Å². The Morgan fingerprint density at radius 2 is 1.14 bits per heavy atom. The number of Topliss-reactive ketones (excluding diaryl/α,β-unsaturated/α-hetero) is 1. The number of unbranched alkanes of at least 4 members (excludes halogenated alkanes) is 1. The molecule has 0 aliphatic heterocycles. The van der Waals surface area contributed by atoms with E-state index in [1.807, 2.05) is 105 Å². The highest BCUT2D eigenvalue weighted by molar-refractivity contribution is 6.04. The van der Waals surface area contributed by atoms with Crippen molar-refractivity contribution in [1.82, 2.24) is 26.6 Å². The number of carboxylic acid groups (broad SMARTS) is 1. The molecule has 346 valence electrons. The van der Waals surface area contributed by atoms with Gasteiger partial charge in [0.15, 0.2) is 5.78 Å². The third-order valence-corrected chi connectivity index (χ3v) is 11.2. The van der Waals surface area contributed by atoms with Gasteiger partial charge in [-0.2, -0.15) is 0 Å². The minimum atomic E-state index is -1.66. The lowest BCUT2D eigenvalue weighted by molar-refractivity contribution is -0.141. The largest absolute Gasteiger partial charge is 0.508 e. The monoisotopic (exact) mass is 891 g/mol. The number of nitrogens with one attached hydrogen (secondary N) is 5. The molecule has 0 saturated heterocycles. The maximum atomic E-state index is 15.6. The van der Waals surface area contributed by atoms with Crippen molar-refractivity contribution >= 4 is 41.3 Å². The first-order valence-electron chi connectivity index (χ1n) is 21.8. The van der Waals surface area contributed by atoms with Gasteiger partial charge in [0, 0.05) is 6.42 Å². The molecule has 0 aliphatic rings. The minimum Gasteiger partial charge on any atom is -0.508 e. The van der Waals surface area contributed by atoms with Crippen LogP contribution in [0.4, 0.5) is 0 Å². The lowest BCUT2D eigenvalue weighted by atomic mass is 9.64. The Kier molecular flexibility index (Phi) is 19.4. The van der Waals surface area contributed by atoms with Gasteiger partial charge in [-0.15, -0.1) is 0 Å². The molecule has 16 heteroatoms. The molecule has 0 fully saturated rings. The van der Waals surface area contributed by atoms with E-state index in [9.17, 15) is 39.0 Å². The predicted octanol–water partition coefficient (Wildman–Crippen LogP) is 2.59. The lowest BCUT2D eigenvalue weighted by Gasteiger charge is -2.39. The Morgan fingerprint density at radius 3 is 1.62 bits per heavy atom.